The van der Waals surface area contributed by atoms with Gasteiger partial charge in [-0.25, -0.2) is 0 Å². The third kappa shape index (κ3) is 4.17. The highest BCUT2D eigenvalue weighted by molar-refractivity contribution is 6.30. The Labute approximate surface area is 204 Å². The van der Waals surface area contributed by atoms with Crippen LogP contribution in [-0.4, -0.2) is 9.97 Å². The maximum atomic E-state index is 5.95. The Bertz CT molecular complexity index is 1500. The van der Waals surface area contributed by atoms with Crippen LogP contribution >= 0.6 is 23.2 Å². The van der Waals surface area contributed by atoms with Crippen molar-refractivity contribution in [2.24, 2.45) is 0 Å². The molecule has 0 radical (unpaired) electrons. The number of hydrogen-bond acceptors (Lipinski definition) is 6. The van der Waals surface area contributed by atoms with Gasteiger partial charge < -0.3 is 19.5 Å². The van der Waals surface area contributed by atoms with Gasteiger partial charge in [0, 0.05) is 21.4 Å². The zero-order valence-corrected chi connectivity index (χ0v) is 19.1. The Morgan fingerprint density at radius 3 is 1.35 bits per heavy atom. The zero-order valence-electron chi connectivity index (χ0n) is 17.5. The van der Waals surface area contributed by atoms with Crippen molar-refractivity contribution < 1.29 is 8.83 Å². The second-order valence-electron chi connectivity index (χ2n) is 7.67. The molecule has 0 unspecified atom stereocenters. The Morgan fingerprint density at radius 2 is 0.941 bits per heavy atom. The van der Waals surface area contributed by atoms with Crippen LogP contribution in [0.2, 0.25) is 10.0 Å². The molecule has 0 saturated carbocycles. The van der Waals surface area contributed by atoms with Crippen LogP contribution in [0.3, 0.4) is 0 Å². The molecule has 0 aliphatic heterocycles. The Hall–Kier alpha value is -4.00. The highest BCUT2D eigenvalue weighted by atomic mass is 35.5. The molecule has 0 aliphatic rings. The zero-order chi connectivity index (χ0) is 23.1. The van der Waals surface area contributed by atoms with E-state index in [-0.39, 0.29) is 0 Å². The summed E-state index contributed by atoms with van der Waals surface area (Å²) in [5.74, 6) is 0. The van der Waals surface area contributed by atoms with Crippen LogP contribution in [0.5, 0.6) is 0 Å². The molecule has 0 aliphatic carbocycles. The summed E-state index contributed by atoms with van der Waals surface area (Å²) >= 11 is 11.9. The summed E-state index contributed by atoms with van der Waals surface area (Å²) in [4.78, 5) is 9.02. The van der Waals surface area contributed by atoms with E-state index < -0.39 is 0 Å². The molecule has 2 heterocycles. The summed E-state index contributed by atoms with van der Waals surface area (Å²) in [6, 6.07) is 27.3. The summed E-state index contributed by atoms with van der Waals surface area (Å²) in [5, 5.41) is 7.65. The van der Waals surface area contributed by atoms with Crippen molar-refractivity contribution in [3.63, 3.8) is 0 Å². The molecular formula is C26H16Cl2N4O2. The number of halogens is 2. The first-order chi connectivity index (χ1) is 16.6. The van der Waals surface area contributed by atoms with Gasteiger partial charge in [0.25, 0.3) is 12.0 Å². The topological polar surface area (TPSA) is 76.1 Å². The lowest BCUT2D eigenvalue weighted by molar-refractivity contribution is 0.622. The van der Waals surface area contributed by atoms with Crippen LogP contribution in [0.4, 0.5) is 23.4 Å². The molecule has 2 N–H and O–H groups in total. The lowest BCUT2D eigenvalue weighted by Gasteiger charge is -2.01. The van der Waals surface area contributed by atoms with Crippen molar-refractivity contribution in [1.82, 2.24) is 9.97 Å². The summed E-state index contributed by atoms with van der Waals surface area (Å²) in [6.07, 6.45) is 0. The van der Waals surface area contributed by atoms with Crippen LogP contribution in [0.25, 0.3) is 33.3 Å². The molecule has 6 rings (SSSR count). The fraction of sp³-hybridized carbons (Fsp3) is 0. The van der Waals surface area contributed by atoms with Crippen LogP contribution in [0, 0.1) is 0 Å². The molecule has 34 heavy (non-hydrogen) atoms. The first-order valence-corrected chi connectivity index (χ1v) is 11.2. The molecule has 6 nitrogen and oxygen atoms in total. The molecule has 0 bridgehead atoms. The Balaban J connectivity index is 1.27. The lowest BCUT2D eigenvalue weighted by atomic mass is 10.1. The minimum absolute atomic E-state index is 0.415. The average Bonchev–Trinajstić information content (AvgIpc) is 3.43. The van der Waals surface area contributed by atoms with Crippen molar-refractivity contribution in [2.75, 3.05) is 10.6 Å². The molecule has 0 saturated heterocycles. The van der Waals surface area contributed by atoms with Crippen LogP contribution < -0.4 is 10.6 Å². The number of oxazole rings is 2. The van der Waals surface area contributed by atoms with Gasteiger partial charge in [0.1, 0.15) is 11.0 Å². The molecular weight excluding hydrogens is 471 g/mol. The van der Waals surface area contributed by atoms with Crippen molar-refractivity contribution in [3.05, 3.63) is 95.0 Å². The van der Waals surface area contributed by atoms with E-state index in [9.17, 15) is 0 Å². The highest BCUT2D eigenvalue weighted by Gasteiger charge is 2.11. The number of benzene rings is 4. The molecule has 0 amide bonds. The SMILES string of the molecule is Clc1ccc(Nc2nc3ccc(-c4ccc5nc(Nc6ccc(Cl)cc6)oc5c4)cc3o2)cc1. The van der Waals surface area contributed by atoms with E-state index in [1.165, 1.54) is 0 Å². The monoisotopic (exact) mass is 486 g/mol. The van der Waals surface area contributed by atoms with Crippen molar-refractivity contribution in [1.29, 1.82) is 0 Å². The third-order valence-electron chi connectivity index (χ3n) is 5.30. The summed E-state index contributed by atoms with van der Waals surface area (Å²) < 4.78 is 11.8. The molecule has 2 aromatic heterocycles. The Morgan fingerprint density at radius 1 is 0.529 bits per heavy atom. The first-order valence-electron chi connectivity index (χ1n) is 10.5. The number of rotatable bonds is 5. The smallest absolute Gasteiger partial charge is 0.300 e. The quantitative estimate of drug-likeness (QED) is 0.254. The van der Waals surface area contributed by atoms with Gasteiger partial charge in [-0.3, -0.25) is 0 Å². The minimum atomic E-state index is 0.415. The number of nitrogens with one attached hydrogen (secondary N) is 2. The number of hydrogen-bond donors (Lipinski definition) is 2. The van der Waals surface area contributed by atoms with Gasteiger partial charge in [-0.1, -0.05) is 35.3 Å². The number of anilines is 4. The van der Waals surface area contributed by atoms with E-state index in [2.05, 4.69) is 20.6 Å². The standard InChI is InChI=1S/C26H16Cl2N4O2/c27-17-3-7-19(8-4-17)29-25-31-21-11-1-15(13-23(21)33-25)16-2-12-22-24(14-16)34-26(32-22)30-20-9-5-18(28)6-10-20/h1-14H,(H,29,31)(H,30,32). The van der Waals surface area contributed by atoms with E-state index in [1.807, 2.05) is 60.7 Å². The number of fused-ring (bicyclic) bond motifs is 2. The maximum absolute atomic E-state index is 5.95. The molecule has 6 aromatic rings. The summed E-state index contributed by atoms with van der Waals surface area (Å²) in [6.45, 7) is 0. The van der Waals surface area contributed by atoms with E-state index in [1.54, 1.807) is 24.3 Å². The van der Waals surface area contributed by atoms with Crippen LogP contribution in [-0.2, 0) is 0 Å². The first kappa shape index (κ1) is 20.6. The fourth-order valence-electron chi connectivity index (χ4n) is 3.63. The van der Waals surface area contributed by atoms with Gasteiger partial charge in [-0.15, -0.1) is 0 Å². The predicted molar refractivity (Wildman–Crippen MR) is 136 cm³/mol. The van der Waals surface area contributed by atoms with Gasteiger partial charge >= 0.3 is 0 Å². The van der Waals surface area contributed by atoms with Gasteiger partial charge in [-0.05, 0) is 83.9 Å². The van der Waals surface area contributed by atoms with Crippen molar-refractivity contribution in [2.45, 2.75) is 0 Å². The lowest BCUT2D eigenvalue weighted by Crippen LogP contribution is -1.88. The molecule has 166 valence electrons. The third-order valence-corrected chi connectivity index (χ3v) is 5.81. The molecule has 0 spiro atoms. The molecule has 0 atom stereocenters. The van der Waals surface area contributed by atoms with E-state index in [0.29, 0.717) is 33.2 Å². The molecule has 0 fully saturated rings. The van der Waals surface area contributed by atoms with Gasteiger partial charge in [-0.2, -0.15) is 9.97 Å². The van der Waals surface area contributed by atoms with Crippen LogP contribution in [0.1, 0.15) is 0 Å². The molecule has 8 heteroatoms. The highest BCUT2D eigenvalue weighted by Crippen LogP contribution is 2.31. The maximum Gasteiger partial charge on any atom is 0.300 e. The largest absolute Gasteiger partial charge is 0.423 e. The normalized spacial score (nSPS) is 11.2. The second-order valence-corrected chi connectivity index (χ2v) is 8.54. The van der Waals surface area contributed by atoms with Crippen molar-refractivity contribution in [3.8, 4) is 11.1 Å². The van der Waals surface area contributed by atoms with Gasteiger partial charge in [0.15, 0.2) is 11.2 Å². The summed E-state index contributed by atoms with van der Waals surface area (Å²) in [7, 11) is 0. The van der Waals surface area contributed by atoms with E-state index in [4.69, 9.17) is 32.0 Å². The van der Waals surface area contributed by atoms with E-state index in [0.717, 1.165) is 33.5 Å². The summed E-state index contributed by atoms with van der Waals surface area (Å²) in [5.41, 5.74) is 6.52. The van der Waals surface area contributed by atoms with Crippen molar-refractivity contribution >= 4 is 68.8 Å². The Kier molecular flexibility index (Phi) is 5.09. The van der Waals surface area contributed by atoms with Crippen LogP contribution in [0.15, 0.2) is 93.8 Å². The van der Waals surface area contributed by atoms with E-state index >= 15 is 0 Å². The number of nitrogens with zero attached hydrogens (tertiary/aromatic N) is 2. The predicted octanol–water partition coefficient (Wildman–Crippen LogP) is 8.43. The second kappa shape index (κ2) is 8.41. The fourth-order valence-corrected chi connectivity index (χ4v) is 3.88. The average molecular weight is 487 g/mol. The number of aromatic nitrogens is 2. The van der Waals surface area contributed by atoms with Gasteiger partial charge in [0.05, 0.1) is 0 Å². The van der Waals surface area contributed by atoms with Gasteiger partial charge in [0.2, 0.25) is 0 Å². The minimum Gasteiger partial charge on any atom is -0.423 e. The molecule has 4 aromatic carbocycles.